The Balaban J connectivity index is 1.26. The number of nitrogens with zero attached hydrogens (tertiary/aromatic N) is 2. The Bertz CT molecular complexity index is 1760. The van der Waals surface area contributed by atoms with Crippen LogP contribution in [0, 0.1) is 26.9 Å². The summed E-state index contributed by atoms with van der Waals surface area (Å²) in [6.45, 7) is 3.72. The number of nitrogens with one attached hydrogen (secondary N) is 2. The highest BCUT2D eigenvalue weighted by molar-refractivity contribution is 7.89. The molecule has 3 N–H and O–H groups in total. The summed E-state index contributed by atoms with van der Waals surface area (Å²) in [5.74, 6) is -1.39. The standard InChI is InChI=1S/C34H38N4O7S/c1-33(2)27-15-16-34(33,30(39)19-27)22-46(44,45)37-29(32(40)41)17-23-11-13-25(14-12-23)26-9-6-10-28(18-26)36-31(21-38(42)43)35-20-24-7-4-3-5-8-24/h3-14,18,27,29,37H,15-17,19-22H2,1-2H3,(H,35,36)(H,40,41)/t27-,29-,34?/m0/s1. The molecule has 5 rings (SSSR count). The zero-order valence-electron chi connectivity index (χ0n) is 25.8. The number of fused-ring (bicyclic) bond motifs is 2. The first-order valence-electron chi connectivity index (χ1n) is 15.2. The molecule has 46 heavy (non-hydrogen) atoms. The van der Waals surface area contributed by atoms with Gasteiger partial charge in [-0.25, -0.2) is 13.1 Å². The van der Waals surface area contributed by atoms with Gasteiger partial charge in [0.25, 0.3) is 6.54 Å². The largest absolute Gasteiger partial charge is 0.480 e. The molecule has 2 saturated carbocycles. The Hall–Kier alpha value is -4.42. The van der Waals surface area contributed by atoms with Crippen LogP contribution in [0.1, 0.15) is 44.2 Å². The van der Waals surface area contributed by atoms with E-state index < -0.39 is 50.1 Å². The number of benzene rings is 3. The number of aliphatic imine (C=N–C) groups is 1. The molecule has 3 aromatic carbocycles. The number of anilines is 1. The first-order valence-corrected chi connectivity index (χ1v) is 16.8. The lowest BCUT2D eigenvalue weighted by Gasteiger charge is -2.36. The maximum atomic E-state index is 13.2. The maximum Gasteiger partial charge on any atom is 0.322 e. The molecule has 2 aliphatic carbocycles. The molecular weight excluding hydrogens is 608 g/mol. The second kappa shape index (κ2) is 13.1. The minimum atomic E-state index is -4.08. The number of hydrogen-bond acceptors (Lipinski definition) is 7. The average Bonchev–Trinajstić information content (AvgIpc) is 3.34. The Morgan fingerprint density at radius 3 is 2.37 bits per heavy atom. The van der Waals surface area contributed by atoms with Crippen molar-refractivity contribution < 1.29 is 28.0 Å². The number of sulfonamides is 1. The molecule has 11 nitrogen and oxygen atoms in total. The summed E-state index contributed by atoms with van der Waals surface area (Å²) >= 11 is 0. The molecule has 2 bridgehead atoms. The van der Waals surface area contributed by atoms with Crippen molar-refractivity contribution in [2.75, 3.05) is 17.6 Å². The van der Waals surface area contributed by atoms with E-state index in [2.05, 4.69) is 15.0 Å². The summed E-state index contributed by atoms with van der Waals surface area (Å²) in [4.78, 5) is 40.2. The van der Waals surface area contributed by atoms with Crippen LogP contribution in [0.15, 0.2) is 83.9 Å². The second-order valence-corrected chi connectivity index (χ2v) is 14.5. The fourth-order valence-corrected chi connectivity index (χ4v) is 8.93. The van der Waals surface area contributed by atoms with Gasteiger partial charge in [-0.2, -0.15) is 0 Å². The molecule has 3 aromatic rings. The minimum absolute atomic E-state index is 0.0469. The zero-order valence-corrected chi connectivity index (χ0v) is 26.6. The van der Waals surface area contributed by atoms with E-state index in [9.17, 15) is 33.2 Å². The van der Waals surface area contributed by atoms with Gasteiger partial charge >= 0.3 is 5.97 Å². The molecule has 3 atom stereocenters. The first kappa shape index (κ1) is 33.0. The van der Waals surface area contributed by atoms with E-state index in [-0.39, 0.29) is 24.0 Å². The summed E-state index contributed by atoms with van der Waals surface area (Å²) in [7, 11) is -4.08. The highest BCUT2D eigenvalue weighted by Gasteiger charge is 2.65. The van der Waals surface area contributed by atoms with Crippen molar-refractivity contribution in [1.82, 2.24) is 4.72 Å². The average molecular weight is 647 g/mol. The van der Waals surface area contributed by atoms with E-state index in [1.165, 1.54) is 0 Å². The van der Waals surface area contributed by atoms with Crippen molar-refractivity contribution in [3.05, 3.63) is 100 Å². The maximum absolute atomic E-state index is 13.2. The van der Waals surface area contributed by atoms with Gasteiger partial charge in [0, 0.05) is 22.4 Å². The van der Waals surface area contributed by atoms with Crippen molar-refractivity contribution in [2.24, 2.45) is 21.7 Å². The number of hydrogen-bond donors (Lipinski definition) is 3. The number of carboxylic acids is 1. The smallest absolute Gasteiger partial charge is 0.322 e. The van der Waals surface area contributed by atoms with Crippen molar-refractivity contribution in [3.8, 4) is 11.1 Å². The van der Waals surface area contributed by atoms with Gasteiger partial charge in [0.15, 0.2) is 5.84 Å². The van der Waals surface area contributed by atoms with Crippen LogP contribution in [0.3, 0.4) is 0 Å². The van der Waals surface area contributed by atoms with Crippen LogP contribution in [0.2, 0.25) is 0 Å². The number of nitro groups is 1. The van der Waals surface area contributed by atoms with Gasteiger partial charge in [0.05, 0.1) is 12.3 Å². The predicted octanol–water partition coefficient (Wildman–Crippen LogP) is 4.95. The lowest BCUT2D eigenvalue weighted by Crippen LogP contribution is -2.49. The molecule has 1 unspecified atom stereocenters. The number of Topliss-reactive ketones (excluding diaryl/α,β-unsaturated/α-hetero) is 1. The Morgan fingerprint density at radius 2 is 1.76 bits per heavy atom. The van der Waals surface area contributed by atoms with Gasteiger partial charge in [-0.15, -0.1) is 0 Å². The summed E-state index contributed by atoms with van der Waals surface area (Å²) < 4.78 is 28.9. The Labute approximate surface area is 268 Å². The molecule has 12 heteroatoms. The fraction of sp³-hybridized carbons (Fsp3) is 0.382. The van der Waals surface area contributed by atoms with Crippen LogP contribution >= 0.6 is 0 Å². The number of aliphatic carboxylic acids is 1. The molecule has 0 saturated heterocycles. The van der Waals surface area contributed by atoms with E-state index in [1.807, 2.05) is 62.4 Å². The highest BCUT2D eigenvalue weighted by atomic mass is 32.2. The topological polar surface area (TPSA) is 168 Å². The van der Waals surface area contributed by atoms with Crippen molar-refractivity contribution >= 4 is 33.3 Å². The van der Waals surface area contributed by atoms with Crippen LogP contribution in [-0.4, -0.2) is 54.4 Å². The first-order chi connectivity index (χ1) is 21.8. The Morgan fingerprint density at radius 1 is 1.04 bits per heavy atom. The molecule has 2 aliphatic rings. The third-order valence-corrected chi connectivity index (χ3v) is 11.2. The monoisotopic (exact) mass is 646 g/mol. The van der Waals surface area contributed by atoms with Crippen LogP contribution in [0.4, 0.5) is 5.69 Å². The van der Waals surface area contributed by atoms with Gasteiger partial charge < -0.3 is 10.4 Å². The van der Waals surface area contributed by atoms with Crippen LogP contribution in [0.25, 0.3) is 11.1 Å². The normalized spacial score (nSPS) is 21.2. The number of carboxylic acid groups (broad SMARTS) is 1. The van der Waals surface area contributed by atoms with E-state index in [1.54, 1.807) is 30.3 Å². The number of amidine groups is 1. The lowest BCUT2D eigenvalue weighted by atomic mass is 9.70. The summed E-state index contributed by atoms with van der Waals surface area (Å²) in [5, 5.41) is 24.2. The third-order valence-electron chi connectivity index (χ3n) is 9.65. The third kappa shape index (κ3) is 7.18. The number of ketones is 1. The van der Waals surface area contributed by atoms with Gasteiger partial charge in [0.1, 0.15) is 11.8 Å². The summed E-state index contributed by atoms with van der Waals surface area (Å²) in [6.07, 6.45) is 1.59. The van der Waals surface area contributed by atoms with E-state index >= 15 is 0 Å². The molecule has 0 aliphatic heterocycles. The lowest BCUT2D eigenvalue weighted by molar-refractivity contribution is -0.463. The van der Waals surface area contributed by atoms with Crippen molar-refractivity contribution in [3.63, 3.8) is 0 Å². The van der Waals surface area contributed by atoms with Crippen LogP contribution < -0.4 is 10.0 Å². The molecule has 0 spiro atoms. The SMILES string of the molecule is CC1(C)[C@H]2CCC1(CS(=O)(=O)N[C@@H](Cc1ccc(-c3cccc(NC(C[N+](=O)[O-])=NCc4ccccc4)c3)cc1)C(=O)O)C(=O)C2. The van der Waals surface area contributed by atoms with Gasteiger partial charge in [-0.1, -0.05) is 80.6 Å². The van der Waals surface area contributed by atoms with Gasteiger partial charge in [-0.05, 0) is 65.0 Å². The van der Waals surface area contributed by atoms with Gasteiger partial charge in [-0.3, -0.25) is 24.7 Å². The molecule has 0 aromatic heterocycles. The number of rotatable bonds is 13. The quantitative estimate of drug-likeness (QED) is 0.101. The highest BCUT2D eigenvalue weighted by Crippen LogP contribution is 2.64. The molecule has 2 fully saturated rings. The molecule has 0 radical (unpaired) electrons. The second-order valence-electron chi connectivity index (χ2n) is 12.8. The van der Waals surface area contributed by atoms with Crippen molar-refractivity contribution in [2.45, 2.75) is 52.1 Å². The van der Waals surface area contributed by atoms with Gasteiger partial charge in [0.2, 0.25) is 10.0 Å². The number of carbonyl (C=O) groups is 2. The molecule has 242 valence electrons. The predicted molar refractivity (Wildman–Crippen MR) is 176 cm³/mol. The van der Waals surface area contributed by atoms with Crippen LogP contribution in [0.5, 0.6) is 0 Å². The molecule has 0 amide bonds. The van der Waals surface area contributed by atoms with E-state index in [0.29, 0.717) is 30.6 Å². The molecule has 0 heterocycles. The van der Waals surface area contributed by atoms with E-state index in [4.69, 9.17) is 0 Å². The fourth-order valence-electron chi connectivity index (χ4n) is 6.90. The summed E-state index contributed by atoms with van der Waals surface area (Å²) in [6, 6.07) is 22.4. The number of carbonyl (C=O) groups excluding carboxylic acids is 1. The summed E-state index contributed by atoms with van der Waals surface area (Å²) in [5.41, 5.74) is 2.34. The van der Waals surface area contributed by atoms with Crippen LogP contribution in [-0.2, 0) is 32.6 Å². The Kier molecular flexibility index (Phi) is 9.41. The van der Waals surface area contributed by atoms with Crippen molar-refractivity contribution in [1.29, 1.82) is 0 Å². The minimum Gasteiger partial charge on any atom is -0.480 e. The molecular formula is C34H38N4O7S. The zero-order chi connectivity index (χ0) is 33.1. The van der Waals surface area contributed by atoms with E-state index in [0.717, 1.165) is 23.1 Å².